The Kier molecular flexibility index (Phi) is 5.18. The highest BCUT2D eigenvalue weighted by atomic mass is 32.2. The van der Waals surface area contributed by atoms with Crippen LogP contribution in [0.4, 0.5) is 18.9 Å². The molecule has 2 aromatic rings. The van der Waals surface area contributed by atoms with Crippen LogP contribution in [0.1, 0.15) is 11.1 Å². The number of hydrogen-bond donors (Lipinski definition) is 1. The molecule has 4 nitrogen and oxygen atoms in total. The Morgan fingerprint density at radius 2 is 1.75 bits per heavy atom. The maximum Gasteiger partial charge on any atom is 0.175 e. The second-order valence-corrected chi connectivity index (χ2v) is 6.86. The highest BCUT2D eigenvalue weighted by Gasteiger charge is 2.13. The molecule has 2 N–H and O–H groups in total. The Labute approximate surface area is 137 Å². The zero-order valence-corrected chi connectivity index (χ0v) is 13.4. The van der Waals surface area contributed by atoms with Crippen molar-refractivity contribution < 1.29 is 26.3 Å². The van der Waals surface area contributed by atoms with E-state index in [0.29, 0.717) is 28.9 Å². The Morgan fingerprint density at radius 3 is 2.29 bits per heavy atom. The van der Waals surface area contributed by atoms with Gasteiger partial charge >= 0.3 is 0 Å². The van der Waals surface area contributed by atoms with Gasteiger partial charge in [-0.15, -0.1) is 0 Å². The standard InChI is InChI=1S/C16H14F3NO3S/c1-23-16-3-2-10(6-15(16)20)9-24(21,22)5-4-12-13(18)7-11(17)8-14(12)19/h2-8H,9,20H2,1H3/b5-4+. The van der Waals surface area contributed by atoms with E-state index in [9.17, 15) is 21.6 Å². The molecule has 0 radical (unpaired) electrons. The highest BCUT2D eigenvalue weighted by Crippen LogP contribution is 2.23. The molecule has 2 rings (SSSR count). The second kappa shape index (κ2) is 6.96. The van der Waals surface area contributed by atoms with Gasteiger partial charge in [-0.25, -0.2) is 21.6 Å². The van der Waals surface area contributed by atoms with Crippen molar-refractivity contribution in [1.29, 1.82) is 0 Å². The molecular weight excluding hydrogens is 343 g/mol. The van der Waals surface area contributed by atoms with Crippen LogP contribution in [0, 0.1) is 17.5 Å². The summed E-state index contributed by atoms with van der Waals surface area (Å²) in [6.45, 7) is 0. The molecule has 0 fully saturated rings. The number of hydrogen-bond acceptors (Lipinski definition) is 4. The molecule has 0 atom stereocenters. The minimum atomic E-state index is -3.82. The highest BCUT2D eigenvalue weighted by molar-refractivity contribution is 7.93. The maximum absolute atomic E-state index is 13.5. The van der Waals surface area contributed by atoms with E-state index >= 15 is 0 Å². The molecule has 0 bridgehead atoms. The molecule has 0 amide bonds. The molecule has 2 aromatic carbocycles. The summed E-state index contributed by atoms with van der Waals surface area (Å²) >= 11 is 0. The number of methoxy groups -OCH3 is 1. The van der Waals surface area contributed by atoms with E-state index in [1.54, 1.807) is 0 Å². The van der Waals surface area contributed by atoms with E-state index < -0.39 is 38.6 Å². The van der Waals surface area contributed by atoms with Crippen molar-refractivity contribution in [2.45, 2.75) is 5.75 Å². The third-order valence-corrected chi connectivity index (χ3v) is 4.43. The van der Waals surface area contributed by atoms with E-state index in [1.807, 2.05) is 0 Å². The van der Waals surface area contributed by atoms with Crippen molar-refractivity contribution in [1.82, 2.24) is 0 Å². The fourth-order valence-corrected chi connectivity index (χ4v) is 3.12. The lowest BCUT2D eigenvalue weighted by molar-refractivity contribution is 0.417. The van der Waals surface area contributed by atoms with Gasteiger partial charge in [-0.1, -0.05) is 6.07 Å². The van der Waals surface area contributed by atoms with Gasteiger partial charge in [0.15, 0.2) is 9.84 Å². The van der Waals surface area contributed by atoms with Gasteiger partial charge in [0.25, 0.3) is 0 Å². The predicted molar refractivity (Wildman–Crippen MR) is 85.4 cm³/mol. The van der Waals surface area contributed by atoms with Crippen LogP contribution in [0.3, 0.4) is 0 Å². The van der Waals surface area contributed by atoms with Crippen LogP contribution < -0.4 is 10.5 Å². The van der Waals surface area contributed by atoms with Crippen LogP contribution in [0.5, 0.6) is 5.75 Å². The average molecular weight is 357 g/mol. The number of benzene rings is 2. The van der Waals surface area contributed by atoms with Gasteiger partial charge < -0.3 is 10.5 Å². The van der Waals surface area contributed by atoms with E-state index in [2.05, 4.69) is 0 Å². The SMILES string of the molecule is COc1ccc(CS(=O)(=O)/C=C/c2c(F)cc(F)cc2F)cc1N. The van der Waals surface area contributed by atoms with E-state index in [-0.39, 0.29) is 5.69 Å². The molecule has 24 heavy (non-hydrogen) atoms. The molecule has 128 valence electrons. The Bertz CT molecular complexity index is 872. The molecule has 8 heteroatoms. The van der Waals surface area contributed by atoms with Crippen molar-refractivity contribution in [3.05, 3.63) is 64.3 Å². The zero-order valence-electron chi connectivity index (χ0n) is 12.6. The summed E-state index contributed by atoms with van der Waals surface area (Å²) in [5, 5.41) is 0.673. The molecule has 0 aliphatic carbocycles. The maximum atomic E-state index is 13.5. The third kappa shape index (κ3) is 4.29. The van der Waals surface area contributed by atoms with E-state index in [4.69, 9.17) is 10.5 Å². The lowest BCUT2D eigenvalue weighted by Gasteiger charge is -2.06. The molecular formula is C16H14F3NO3S. The Hall–Kier alpha value is -2.48. The molecule has 0 unspecified atom stereocenters. The van der Waals surface area contributed by atoms with Gasteiger partial charge in [-0.3, -0.25) is 0 Å². The summed E-state index contributed by atoms with van der Waals surface area (Å²) in [6.07, 6.45) is 0.756. The van der Waals surface area contributed by atoms with Crippen molar-refractivity contribution in [2.75, 3.05) is 12.8 Å². The average Bonchev–Trinajstić information content (AvgIpc) is 2.45. The van der Waals surface area contributed by atoms with Crippen molar-refractivity contribution >= 4 is 21.6 Å². The van der Waals surface area contributed by atoms with Crippen LogP contribution in [-0.2, 0) is 15.6 Å². The fourth-order valence-electron chi connectivity index (χ4n) is 2.04. The largest absolute Gasteiger partial charge is 0.495 e. The predicted octanol–water partition coefficient (Wildman–Crippen LogP) is 3.28. The minimum absolute atomic E-state index is 0.268. The quantitative estimate of drug-likeness (QED) is 0.834. The lowest BCUT2D eigenvalue weighted by Crippen LogP contribution is -2.02. The third-order valence-electron chi connectivity index (χ3n) is 3.15. The van der Waals surface area contributed by atoms with Gasteiger partial charge in [0, 0.05) is 23.1 Å². The lowest BCUT2D eigenvalue weighted by atomic mass is 10.2. The summed E-state index contributed by atoms with van der Waals surface area (Å²) in [7, 11) is -2.39. The number of nitrogens with two attached hydrogens (primary N) is 1. The van der Waals surface area contributed by atoms with Gasteiger partial charge in [0.1, 0.15) is 23.2 Å². The van der Waals surface area contributed by atoms with Crippen LogP contribution in [-0.4, -0.2) is 15.5 Å². The molecule has 0 aliphatic heterocycles. The monoisotopic (exact) mass is 357 g/mol. The number of sulfone groups is 1. The van der Waals surface area contributed by atoms with Gasteiger partial charge in [0.05, 0.1) is 18.6 Å². The smallest absolute Gasteiger partial charge is 0.175 e. The van der Waals surface area contributed by atoms with Crippen LogP contribution in [0.15, 0.2) is 35.7 Å². The van der Waals surface area contributed by atoms with Crippen molar-refractivity contribution in [3.8, 4) is 5.75 Å². The van der Waals surface area contributed by atoms with Gasteiger partial charge in [0.2, 0.25) is 0 Å². The molecule has 0 spiro atoms. The summed E-state index contributed by atoms with van der Waals surface area (Å²) in [4.78, 5) is 0. The summed E-state index contributed by atoms with van der Waals surface area (Å²) in [5.41, 5.74) is 5.72. The molecule has 0 heterocycles. The number of halogens is 3. The fraction of sp³-hybridized carbons (Fsp3) is 0.125. The van der Waals surface area contributed by atoms with E-state index in [1.165, 1.54) is 25.3 Å². The molecule has 0 aliphatic rings. The topological polar surface area (TPSA) is 69.4 Å². The summed E-state index contributed by atoms with van der Waals surface area (Å²) < 4.78 is 68.9. The van der Waals surface area contributed by atoms with Crippen LogP contribution in [0.2, 0.25) is 0 Å². The molecule has 0 saturated carbocycles. The number of rotatable bonds is 5. The van der Waals surface area contributed by atoms with Crippen molar-refractivity contribution in [2.24, 2.45) is 0 Å². The Balaban J connectivity index is 2.24. The van der Waals surface area contributed by atoms with Gasteiger partial charge in [-0.2, -0.15) is 0 Å². The van der Waals surface area contributed by atoms with E-state index in [0.717, 1.165) is 6.08 Å². The van der Waals surface area contributed by atoms with Crippen LogP contribution >= 0.6 is 0 Å². The first-order valence-corrected chi connectivity index (χ1v) is 8.41. The first-order chi connectivity index (χ1) is 11.2. The molecule has 0 saturated heterocycles. The minimum Gasteiger partial charge on any atom is -0.495 e. The number of nitrogen functional groups attached to an aromatic ring is 1. The Morgan fingerprint density at radius 1 is 1.12 bits per heavy atom. The number of anilines is 1. The first kappa shape index (κ1) is 17.9. The normalized spacial score (nSPS) is 11.8. The molecule has 0 aromatic heterocycles. The second-order valence-electron chi connectivity index (χ2n) is 4.97. The van der Waals surface area contributed by atoms with Crippen molar-refractivity contribution in [3.63, 3.8) is 0 Å². The summed E-state index contributed by atoms with van der Waals surface area (Å²) in [5.74, 6) is -3.47. The van der Waals surface area contributed by atoms with Gasteiger partial charge in [-0.05, 0) is 23.8 Å². The zero-order chi connectivity index (χ0) is 17.9. The first-order valence-electron chi connectivity index (χ1n) is 6.69. The number of ether oxygens (including phenoxy) is 1. The van der Waals surface area contributed by atoms with Crippen LogP contribution in [0.25, 0.3) is 6.08 Å². The summed E-state index contributed by atoms with van der Waals surface area (Å²) in [6, 6.07) is 5.41.